The second-order valence-electron chi connectivity index (χ2n) is 6.88. The number of carbonyl (C=O) groups excluding carboxylic acids is 2. The smallest absolute Gasteiger partial charge is 0.414 e. The quantitative estimate of drug-likeness (QED) is 0.830. The predicted octanol–water partition coefficient (Wildman–Crippen LogP) is 3.38. The molecule has 0 saturated heterocycles. The number of hydrogen-bond acceptors (Lipinski definition) is 4. The van der Waals surface area contributed by atoms with Gasteiger partial charge in [0, 0.05) is 0 Å². The molecule has 0 aliphatic rings. The van der Waals surface area contributed by atoms with Gasteiger partial charge in [-0.25, -0.2) is 4.79 Å². The number of carbonyl (C=O) groups is 2. The summed E-state index contributed by atoms with van der Waals surface area (Å²) < 4.78 is 5.12. The molecule has 0 radical (unpaired) electrons. The highest BCUT2D eigenvalue weighted by Crippen LogP contribution is 2.08. The largest absolute Gasteiger partial charge is 0.444 e. The molecule has 0 aliphatic heterocycles. The first kappa shape index (κ1) is 20.2. The average Bonchev–Trinajstić information content (AvgIpc) is 2.50. The molecule has 0 aliphatic carbocycles. The third-order valence-electron chi connectivity index (χ3n) is 3.71. The van der Waals surface area contributed by atoms with Gasteiger partial charge in [0.25, 0.3) is 0 Å². The Balaban J connectivity index is 2.45. The van der Waals surface area contributed by atoms with Gasteiger partial charge in [0.2, 0.25) is 5.91 Å². The van der Waals surface area contributed by atoms with Crippen LogP contribution in [0.3, 0.4) is 0 Å². The molecule has 1 rings (SSSR count). The van der Waals surface area contributed by atoms with Crippen LogP contribution >= 0.6 is 0 Å². The lowest BCUT2D eigenvalue weighted by molar-refractivity contribution is -0.125. The molecule has 1 aromatic carbocycles. The molecule has 5 nitrogen and oxygen atoms in total. The maximum Gasteiger partial charge on any atom is 0.414 e. The fourth-order valence-electron chi connectivity index (χ4n) is 2.43. The van der Waals surface area contributed by atoms with Gasteiger partial charge in [-0.1, -0.05) is 37.3 Å². The van der Waals surface area contributed by atoms with Gasteiger partial charge in [-0.05, 0) is 59.2 Å². The molecular weight excluding hydrogens is 304 g/mol. The third kappa shape index (κ3) is 7.59. The number of benzene rings is 1. The Hall–Kier alpha value is -1.88. The number of nitrogens with one attached hydrogen (secondary N) is 1. The third-order valence-corrected chi connectivity index (χ3v) is 3.71. The van der Waals surface area contributed by atoms with Crippen LogP contribution in [0.4, 0.5) is 4.79 Å². The Morgan fingerprint density at radius 3 is 2.38 bits per heavy atom. The number of imide groups is 1. The summed E-state index contributed by atoms with van der Waals surface area (Å²) in [5, 5.41) is 2.32. The zero-order valence-corrected chi connectivity index (χ0v) is 15.5. The first-order chi connectivity index (χ1) is 11.2. The van der Waals surface area contributed by atoms with Crippen molar-refractivity contribution in [2.45, 2.75) is 59.1 Å². The van der Waals surface area contributed by atoms with Gasteiger partial charge in [0.05, 0.1) is 6.04 Å². The minimum Gasteiger partial charge on any atom is -0.444 e. The lowest BCUT2D eigenvalue weighted by Crippen LogP contribution is -2.48. The van der Waals surface area contributed by atoms with Crippen molar-refractivity contribution < 1.29 is 14.3 Å². The number of rotatable bonds is 7. The van der Waals surface area contributed by atoms with Crippen LogP contribution < -0.4 is 5.32 Å². The minimum atomic E-state index is -0.695. The molecule has 1 atom stereocenters. The molecule has 0 fully saturated rings. The summed E-state index contributed by atoms with van der Waals surface area (Å²) in [4.78, 5) is 26.0. The normalized spacial score (nSPS) is 12.8. The second kappa shape index (κ2) is 9.42. The van der Waals surface area contributed by atoms with Crippen LogP contribution in [0.1, 0.15) is 46.6 Å². The monoisotopic (exact) mass is 334 g/mol. The van der Waals surface area contributed by atoms with E-state index in [1.54, 1.807) is 20.8 Å². The topological polar surface area (TPSA) is 58.6 Å². The molecule has 0 spiro atoms. The van der Waals surface area contributed by atoms with Gasteiger partial charge in [-0.3, -0.25) is 15.0 Å². The van der Waals surface area contributed by atoms with Crippen LogP contribution in [0.5, 0.6) is 0 Å². The fourth-order valence-corrected chi connectivity index (χ4v) is 2.43. The lowest BCUT2D eigenvalue weighted by Gasteiger charge is -2.27. The van der Waals surface area contributed by atoms with E-state index in [0.717, 1.165) is 25.9 Å². The Bertz CT molecular complexity index is 523. The number of ether oxygens (including phenoxy) is 1. The molecule has 0 bridgehead atoms. The van der Waals surface area contributed by atoms with Gasteiger partial charge < -0.3 is 4.74 Å². The molecule has 1 N–H and O–H groups in total. The van der Waals surface area contributed by atoms with E-state index >= 15 is 0 Å². The van der Waals surface area contributed by atoms with Crippen LogP contribution in [0.15, 0.2) is 30.3 Å². The number of amides is 2. The molecule has 24 heavy (non-hydrogen) atoms. The predicted molar refractivity (Wildman–Crippen MR) is 95.8 cm³/mol. The van der Waals surface area contributed by atoms with Crippen molar-refractivity contribution in [1.29, 1.82) is 0 Å². The summed E-state index contributed by atoms with van der Waals surface area (Å²) in [5.74, 6) is -0.328. The summed E-state index contributed by atoms with van der Waals surface area (Å²) in [6.45, 7) is 10.7. The Kier molecular flexibility index (Phi) is 7.92. The molecule has 0 heterocycles. The van der Waals surface area contributed by atoms with E-state index < -0.39 is 11.7 Å². The first-order valence-electron chi connectivity index (χ1n) is 8.54. The van der Waals surface area contributed by atoms with Crippen LogP contribution in [0.25, 0.3) is 0 Å². The number of aryl methyl sites for hydroxylation is 1. The highest BCUT2D eigenvalue weighted by atomic mass is 16.6. The number of alkyl carbamates (subject to hydrolysis) is 1. The zero-order chi connectivity index (χ0) is 18.2. The maximum atomic E-state index is 12.2. The van der Waals surface area contributed by atoms with Crippen molar-refractivity contribution in [2.24, 2.45) is 0 Å². The summed E-state index contributed by atoms with van der Waals surface area (Å²) in [7, 11) is 0. The maximum absolute atomic E-state index is 12.2. The summed E-state index contributed by atoms with van der Waals surface area (Å²) in [6.07, 6.45) is 1.24. The number of hydrogen-bond donors (Lipinski definition) is 1. The van der Waals surface area contributed by atoms with Crippen LogP contribution in [-0.4, -0.2) is 41.6 Å². The number of likely N-dealkylation sites (N-methyl/N-ethyl adjacent to an activating group) is 1. The van der Waals surface area contributed by atoms with E-state index in [1.165, 1.54) is 5.56 Å². The molecule has 134 valence electrons. The molecule has 5 heteroatoms. The highest BCUT2D eigenvalue weighted by Gasteiger charge is 2.24. The second-order valence-corrected chi connectivity index (χ2v) is 6.88. The number of nitrogens with zero attached hydrogens (tertiary/aromatic N) is 1. The average molecular weight is 334 g/mol. The van der Waals surface area contributed by atoms with Crippen molar-refractivity contribution >= 4 is 12.0 Å². The van der Waals surface area contributed by atoms with E-state index in [1.807, 2.05) is 32.0 Å². The molecule has 0 aromatic heterocycles. The van der Waals surface area contributed by atoms with Gasteiger partial charge in [-0.2, -0.15) is 0 Å². The van der Waals surface area contributed by atoms with Crippen molar-refractivity contribution in [2.75, 3.05) is 13.1 Å². The van der Waals surface area contributed by atoms with E-state index in [4.69, 9.17) is 4.74 Å². The van der Waals surface area contributed by atoms with Crippen molar-refractivity contribution in [3.8, 4) is 0 Å². The van der Waals surface area contributed by atoms with Crippen molar-refractivity contribution in [1.82, 2.24) is 10.2 Å². The van der Waals surface area contributed by atoms with Gasteiger partial charge in [0.1, 0.15) is 5.60 Å². The van der Waals surface area contributed by atoms with Gasteiger partial charge in [-0.15, -0.1) is 0 Å². The summed E-state index contributed by atoms with van der Waals surface area (Å²) >= 11 is 0. The van der Waals surface area contributed by atoms with Gasteiger partial charge in [0.15, 0.2) is 0 Å². The van der Waals surface area contributed by atoms with Crippen molar-refractivity contribution in [3.05, 3.63) is 35.9 Å². The van der Waals surface area contributed by atoms with E-state index in [2.05, 4.69) is 22.3 Å². The van der Waals surface area contributed by atoms with Gasteiger partial charge >= 0.3 is 6.09 Å². The molecule has 2 amide bonds. The lowest BCUT2D eigenvalue weighted by atomic mass is 10.1. The summed E-state index contributed by atoms with van der Waals surface area (Å²) in [6, 6.07) is 9.90. The first-order valence-corrected chi connectivity index (χ1v) is 8.54. The highest BCUT2D eigenvalue weighted by molar-refractivity contribution is 5.94. The van der Waals surface area contributed by atoms with Crippen LogP contribution in [0.2, 0.25) is 0 Å². The Labute approximate surface area is 145 Å². The molecule has 1 aromatic rings. The zero-order valence-electron chi connectivity index (χ0n) is 15.5. The van der Waals surface area contributed by atoms with E-state index in [0.29, 0.717) is 0 Å². The Morgan fingerprint density at radius 1 is 1.21 bits per heavy atom. The summed E-state index contributed by atoms with van der Waals surface area (Å²) in [5.41, 5.74) is 0.674. The van der Waals surface area contributed by atoms with Crippen LogP contribution in [0, 0.1) is 0 Å². The Morgan fingerprint density at radius 2 is 1.83 bits per heavy atom. The molecular formula is C19H30N2O3. The minimum absolute atomic E-state index is 0.328. The van der Waals surface area contributed by atoms with E-state index in [9.17, 15) is 9.59 Å². The van der Waals surface area contributed by atoms with E-state index in [-0.39, 0.29) is 11.9 Å². The molecule has 0 saturated carbocycles. The SMILES string of the molecule is CCN(CCCc1ccccc1)[C@H](C)C(=O)NC(=O)OC(C)(C)C. The fraction of sp³-hybridized carbons (Fsp3) is 0.579. The molecule has 0 unspecified atom stereocenters. The van der Waals surface area contributed by atoms with Crippen molar-refractivity contribution in [3.63, 3.8) is 0 Å². The standard InChI is InChI=1S/C19H30N2O3/c1-6-21(14-10-13-16-11-8-7-9-12-16)15(2)17(22)20-18(23)24-19(3,4)5/h7-9,11-12,15H,6,10,13-14H2,1-5H3,(H,20,22,23)/t15-/m1/s1. The van der Waals surface area contributed by atoms with Crippen LogP contribution in [-0.2, 0) is 16.0 Å².